The van der Waals surface area contributed by atoms with E-state index in [1.165, 1.54) is 11.2 Å². The first-order chi connectivity index (χ1) is 11.3. The van der Waals surface area contributed by atoms with Crippen LogP contribution in [0.5, 0.6) is 0 Å². The second-order valence-electron chi connectivity index (χ2n) is 5.05. The van der Waals surface area contributed by atoms with Crippen molar-refractivity contribution in [1.82, 2.24) is 9.62 Å². The Balaban J connectivity index is 1.88. The molecule has 0 aliphatic heterocycles. The van der Waals surface area contributed by atoms with Crippen LogP contribution in [0.15, 0.2) is 45.9 Å². The van der Waals surface area contributed by atoms with Crippen molar-refractivity contribution in [3.8, 4) is 0 Å². The number of halogens is 2. The number of sulfonamides is 1. The fraction of sp³-hybridized carbons (Fsp3) is 0.267. The summed E-state index contributed by atoms with van der Waals surface area (Å²) in [6, 6.07) is 5.68. The van der Waals surface area contributed by atoms with Gasteiger partial charge in [-0.05, 0) is 30.3 Å². The molecule has 0 radical (unpaired) electrons. The molecule has 0 bridgehead atoms. The van der Waals surface area contributed by atoms with E-state index in [0.29, 0.717) is 11.8 Å². The molecule has 0 unspecified atom stereocenters. The number of nitrogens with zero attached hydrogens (tertiary/aromatic N) is 1. The second kappa shape index (κ2) is 7.54. The Morgan fingerprint density at radius 1 is 1.25 bits per heavy atom. The fourth-order valence-electron chi connectivity index (χ4n) is 1.94. The van der Waals surface area contributed by atoms with Crippen molar-refractivity contribution >= 4 is 15.9 Å². The van der Waals surface area contributed by atoms with Crippen LogP contribution < -0.4 is 4.72 Å². The lowest BCUT2D eigenvalue weighted by atomic mass is 10.3. The second-order valence-corrected chi connectivity index (χ2v) is 6.82. The minimum atomic E-state index is -4.02. The molecule has 1 N–H and O–H groups in total. The predicted octanol–water partition coefficient (Wildman–Crippen LogP) is 1.88. The summed E-state index contributed by atoms with van der Waals surface area (Å²) in [5.74, 6) is -2.08. The van der Waals surface area contributed by atoms with Crippen molar-refractivity contribution in [2.45, 2.75) is 17.9 Å². The highest BCUT2D eigenvalue weighted by Crippen LogP contribution is 2.13. The van der Waals surface area contributed by atoms with E-state index in [-0.39, 0.29) is 25.4 Å². The quantitative estimate of drug-likeness (QED) is 0.820. The molecule has 2 rings (SSSR count). The van der Waals surface area contributed by atoms with Crippen LogP contribution in [0.1, 0.15) is 12.2 Å². The van der Waals surface area contributed by atoms with Crippen molar-refractivity contribution < 1.29 is 26.4 Å². The molecule has 0 atom stereocenters. The molecule has 9 heteroatoms. The van der Waals surface area contributed by atoms with Gasteiger partial charge < -0.3 is 9.32 Å². The van der Waals surface area contributed by atoms with Gasteiger partial charge in [0.05, 0.1) is 17.7 Å². The van der Waals surface area contributed by atoms with Crippen LogP contribution in [-0.4, -0.2) is 32.8 Å². The first-order valence-electron chi connectivity index (χ1n) is 7.00. The van der Waals surface area contributed by atoms with Gasteiger partial charge in [0.1, 0.15) is 5.76 Å². The Bertz CT molecular complexity index is 807. The number of nitrogens with one attached hydrogen (secondary N) is 1. The number of benzene rings is 1. The van der Waals surface area contributed by atoms with E-state index in [1.54, 1.807) is 19.2 Å². The van der Waals surface area contributed by atoms with Gasteiger partial charge in [-0.3, -0.25) is 4.79 Å². The van der Waals surface area contributed by atoms with Gasteiger partial charge in [-0.15, -0.1) is 0 Å². The maximum atomic E-state index is 13.1. The third-order valence-electron chi connectivity index (χ3n) is 3.23. The van der Waals surface area contributed by atoms with E-state index in [0.717, 1.165) is 12.1 Å². The van der Waals surface area contributed by atoms with Gasteiger partial charge in [-0.2, -0.15) is 0 Å². The standard InChI is InChI=1S/C15H16F2N2O4S/c1-19(10-11-3-2-8-23-11)15(20)6-7-18-24(21,22)12-4-5-13(16)14(17)9-12/h2-5,8-9,18H,6-7,10H2,1H3. The van der Waals surface area contributed by atoms with Crippen molar-refractivity contribution in [3.05, 3.63) is 54.0 Å². The van der Waals surface area contributed by atoms with E-state index >= 15 is 0 Å². The van der Waals surface area contributed by atoms with Gasteiger partial charge in [0.25, 0.3) is 0 Å². The van der Waals surface area contributed by atoms with Gasteiger partial charge in [0.2, 0.25) is 15.9 Å². The summed E-state index contributed by atoms with van der Waals surface area (Å²) in [4.78, 5) is 12.9. The lowest BCUT2D eigenvalue weighted by Gasteiger charge is -2.16. The molecular weight excluding hydrogens is 342 g/mol. The summed E-state index contributed by atoms with van der Waals surface area (Å²) in [6.07, 6.45) is 1.41. The maximum Gasteiger partial charge on any atom is 0.240 e. The molecule has 1 aromatic heterocycles. The molecule has 0 saturated carbocycles. The zero-order chi connectivity index (χ0) is 17.7. The van der Waals surface area contributed by atoms with Gasteiger partial charge >= 0.3 is 0 Å². The first-order valence-corrected chi connectivity index (χ1v) is 8.49. The average Bonchev–Trinajstić information content (AvgIpc) is 3.02. The molecule has 6 nitrogen and oxygen atoms in total. The predicted molar refractivity (Wildman–Crippen MR) is 81.3 cm³/mol. The van der Waals surface area contributed by atoms with Crippen molar-refractivity contribution in [2.24, 2.45) is 0 Å². The van der Waals surface area contributed by atoms with Gasteiger partial charge in [0, 0.05) is 20.0 Å². The number of hydrogen-bond acceptors (Lipinski definition) is 4. The molecule has 0 aliphatic rings. The minimum Gasteiger partial charge on any atom is -0.467 e. The highest BCUT2D eigenvalue weighted by atomic mass is 32.2. The lowest BCUT2D eigenvalue weighted by molar-refractivity contribution is -0.130. The van der Waals surface area contributed by atoms with Gasteiger partial charge in [-0.25, -0.2) is 21.9 Å². The molecule has 130 valence electrons. The van der Waals surface area contributed by atoms with Crippen molar-refractivity contribution in [2.75, 3.05) is 13.6 Å². The van der Waals surface area contributed by atoms with Crippen LogP contribution >= 0.6 is 0 Å². The van der Waals surface area contributed by atoms with Crippen LogP contribution in [0, 0.1) is 11.6 Å². The largest absolute Gasteiger partial charge is 0.467 e. The molecule has 0 aliphatic carbocycles. The fourth-order valence-corrected chi connectivity index (χ4v) is 2.98. The van der Waals surface area contributed by atoms with Crippen molar-refractivity contribution in [3.63, 3.8) is 0 Å². The number of rotatable bonds is 7. The van der Waals surface area contributed by atoms with Crippen LogP contribution in [0.4, 0.5) is 8.78 Å². The number of hydrogen-bond donors (Lipinski definition) is 1. The molecule has 1 heterocycles. The number of furan rings is 1. The smallest absolute Gasteiger partial charge is 0.240 e. The van der Waals surface area contributed by atoms with E-state index in [4.69, 9.17) is 4.42 Å². The third-order valence-corrected chi connectivity index (χ3v) is 4.69. The SMILES string of the molecule is CN(Cc1ccco1)C(=O)CCNS(=O)(=O)c1ccc(F)c(F)c1. The average molecular weight is 358 g/mol. The third kappa shape index (κ3) is 4.62. The number of carbonyl (C=O) groups is 1. The molecule has 0 saturated heterocycles. The van der Waals surface area contributed by atoms with E-state index in [1.807, 2.05) is 0 Å². The topological polar surface area (TPSA) is 79.6 Å². The highest BCUT2D eigenvalue weighted by Gasteiger charge is 2.17. The Labute approximate surface area is 138 Å². The molecule has 2 aromatic rings. The Morgan fingerprint density at radius 2 is 2.00 bits per heavy atom. The van der Waals surface area contributed by atoms with Crippen LogP contribution in [-0.2, 0) is 21.4 Å². The molecule has 0 fully saturated rings. The summed E-state index contributed by atoms with van der Waals surface area (Å²) in [6.45, 7) is 0.102. The molecule has 24 heavy (non-hydrogen) atoms. The monoisotopic (exact) mass is 358 g/mol. The molecular formula is C15H16F2N2O4S. The van der Waals surface area contributed by atoms with Crippen LogP contribution in [0.25, 0.3) is 0 Å². The lowest BCUT2D eigenvalue weighted by Crippen LogP contribution is -2.31. The Kier molecular flexibility index (Phi) is 5.68. The van der Waals surface area contributed by atoms with Gasteiger partial charge in [-0.1, -0.05) is 0 Å². The molecule has 1 aromatic carbocycles. The van der Waals surface area contributed by atoms with Crippen LogP contribution in [0.3, 0.4) is 0 Å². The first kappa shape index (κ1) is 18.1. The zero-order valence-electron chi connectivity index (χ0n) is 12.8. The number of carbonyl (C=O) groups excluding carboxylic acids is 1. The van der Waals surface area contributed by atoms with Gasteiger partial charge in [0.15, 0.2) is 11.6 Å². The Hall–Kier alpha value is -2.26. The highest BCUT2D eigenvalue weighted by molar-refractivity contribution is 7.89. The minimum absolute atomic E-state index is 0.0832. The van der Waals surface area contributed by atoms with E-state index in [9.17, 15) is 22.0 Å². The summed E-state index contributed by atoms with van der Waals surface area (Å²) >= 11 is 0. The Morgan fingerprint density at radius 3 is 2.62 bits per heavy atom. The van der Waals surface area contributed by atoms with Crippen molar-refractivity contribution in [1.29, 1.82) is 0 Å². The molecule has 0 spiro atoms. The van der Waals surface area contributed by atoms with E-state index < -0.39 is 26.6 Å². The normalized spacial score (nSPS) is 11.5. The summed E-state index contributed by atoms with van der Waals surface area (Å²) in [5, 5.41) is 0. The van der Waals surface area contributed by atoms with E-state index in [2.05, 4.69) is 4.72 Å². The molecule has 1 amide bonds. The maximum absolute atomic E-state index is 13.1. The number of amides is 1. The van der Waals surface area contributed by atoms with Crippen LogP contribution in [0.2, 0.25) is 0 Å². The summed E-state index contributed by atoms with van der Waals surface area (Å²) in [5.41, 5.74) is 0. The summed E-state index contributed by atoms with van der Waals surface area (Å²) in [7, 11) is -2.45. The zero-order valence-corrected chi connectivity index (χ0v) is 13.6. The summed E-state index contributed by atoms with van der Waals surface area (Å²) < 4.78 is 57.2.